The van der Waals surface area contributed by atoms with Gasteiger partial charge in [0.15, 0.2) is 5.58 Å². The van der Waals surface area contributed by atoms with Crippen LogP contribution in [0.25, 0.3) is 11.0 Å². The van der Waals surface area contributed by atoms with Gasteiger partial charge in [-0.25, -0.2) is 0 Å². The first-order chi connectivity index (χ1) is 5.68. The zero-order valence-electron chi connectivity index (χ0n) is 6.47. The Morgan fingerprint density at radius 3 is 3.00 bits per heavy atom. The van der Waals surface area contributed by atoms with E-state index < -0.39 is 0 Å². The molecular weight excluding hydrogens is 220 g/mol. The fourth-order valence-electron chi connectivity index (χ4n) is 1.14. The summed E-state index contributed by atoms with van der Waals surface area (Å²) in [6, 6.07) is 3.65. The van der Waals surface area contributed by atoms with Crippen LogP contribution in [0.1, 0.15) is 5.69 Å². The van der Waals surface area contributed by atoms with Crippen LogP contribution in [-0.2, 0) is 0 Å². The van der Waals surface area contributed by atoms with E-state index in [1.54, 1.807) is 6.07 Å². The first-order valence-electron chi connectivity index (χ1n) is 3.49. The summed E-state index contributed by atoms with van der Waals surface area (Å²) in [4.78, 5) is 0. The first-order valence-corrected chi connectivity index (χ1v) is 4.29. The van der Waals surface area contributed by atoms with Crippen LogP contribution in [0.4, 0.5) is 5.69 Å². The predicted octanol–water partition coefficient (Wildman–Crippen LogP) is 2.48. The van der Waals surface area contributed by atoms with Crippen molar-refractivity contribution in [2.45, 2.75) is 6.92 Å². The van der Waals surface area contributed by atoms with Gasteiger partial charge in [-0.2, -0.15) is 0 Å². The molecule has 0 atom stereocenters. The zero-order chi connectivity index (χ0) is 8.72. The summed E-state index contributed by atoms with van der Waals surface area (Å²) in [6.07, 6.45) is 0. The van der Waals surface area contributed by atoms with Gasteiger partial charge < -0.3 is 10.3 Å². The lowest BCUT2D eigenvalue weighted by Gasteiger charge is -1.94. The Bertz CT molecular complexity index is 436. The molecule has 0 saturated carbocycles. The maximum absolute atomic E-state index is 5.65. The fraction of sp³-hybridized carbons (Fsp3) is 0.125. The van der Waals surface area contributed by atoms with E-state index >= 15 is 0 Å². The minimum atomic E-state index is 0.709. The van der Waals surface area contributed by atoms with Gasteiger partial charge in [0.2, 0.25) is 0 Å². The molecule has 0 bridgehead atoms. The number of halogens is 1. The minimum Gasteiger partial charge on any atom is -0.399 e. The van der Waals surface area contributed by atoms with Gasteiger partial charge in [0, 0.05) is 11.1 Å². The molecule has 62 valence electrons. The van der Waals surface area contributed by atoms with E-state index in [2.05, 4.69) is 21.1 Å². The monoisotopic (exact) mass is 226 g/mol. The minimum absolute atomic E-state index is 0.709. The SMILES string of the molecule is Cc1noc2c(Br)cc(N)cc12. The Kier molecular flexibility index (Phi) is 1.58. The molecule has 1 aromatic carbocycles. The lowest BCUT2D eigenvalue weighted by atomic mass is 10.2. The van der Waals surface area contributed by atoms with E-state index in [4.69, 9.17) is 10.3 Å². The topological polar surface area (TPSA) is 52.0 Å². The lowest BCUT2D eigenvalue weighted by molar-refractivity contribution is 0.449. The number of aryl methyl sites for hydroxylation is 1. The highest BCUT2D eigenvalue weighted by atomic mass is 79.9. The number of hydrogen-bond acceptors (Lipinski definition) is 3. The number of rotatable bonds is 0. The maximum atomic E-state index is 5.65. The molecular formula is C8H7BrN2O. The van der Waals surface area contributed by atoms with E-state index in [-0.39, 0.29) is 0 Å². The molecule has 0 spiro atoms. The molecule has 1 heterocycles. The molecule has 0 aliphatic carbocycles. The molecule has 2 aromatic rings. The number of fused-ring (bicyclic) bond motifs is 1. The Balaban J connectivity index is 2.92. The molecule has 0 aliphatic rings. The molecule has 0 unspecified atom stereocenters. The van der Waals surface area contributed by atoms with Crippen molar-refractivity contribution in [2.75, 3.05) is 5.73 Å². The van der Waals surface area contributed by atoms with Crippen LogP contribution in [-0.4, -0.2) is 5.16 Å². The molecule has 12 heavy (non-hydrogen) atoms. The van der Waals surface area contributed by atoms with Crippen LogP contribution < -0.4 is 5.73 Å². The molecule has 0 amide bonds. The van der Waals surface area contributed by atoms with E-state index in [0.717, 1.165) is 21.1 Å². The van der Waals surface area contributed by atoms with Gasteiger partial charge in [-0.05, 0) is 35.0 Å². The summed E-state index contributed by atoms with van der Waals surface area (Å²) in [5.41, 5.74) is 7.97. The normalized spacial score (nSPS) is 10.8. The van der Waals surface area contributed by atoms with Gasteiger partial charge in [0.25, 0.3) is 0 Å². The van der Waals surface area contributed by atoms with Gasteiger partial charge in [-0.3, -0.25) is 0 Å². The second-order valence-electron chi connectivity index (χ2n) is 2.65. The maximum Gasteiger partial charge on any atom is 0.181 e. The Labute approximate surface area is 77.7 Å². The molecule has 3 nitrogen and oxygen atoms in total. The summed E-state index contributed by atoms with van der Waals surface area (Å²) in [5, 5.41) is 4.80. The number of benzene rings is 1. The molecule has 0 aliphatic heterocycles. The average Bonchev–Trinajstić information content (AvgIpc) is 2.33. The van der Waals surface area contributed by atoms with Gasteiger partial charge in [-0.15, -0.1) is 0 Å². The molecule has 2 rings (SSSR count). The highest BCUT2D eigenvalue weighted by molar-refractivity contribution is 9.10. The molecule has 4 heteroatoms. The van der Waals surface area contributed by atoms with Gasteiger partial charge >= 0.3 is 0 Å². The number of nitrogens with zero attached hydrogens (tertiary/aromatic N) is 1. The summed E-state index contributed by atoms with van der Waals surface area (Å²) in [6.45, 7) is 1.89. The standard InChI is InChI=1S/C8H7BrN2O/c1-4-6-2-5(10)3-7(9)8(6)12-11-4/h2-3H,10H2,1H3. The van der Waals surface area contributed by atoms with Crippen molar-refractivity contribution in [3.8, 4) is 0 Å². The first kappa shape index (κ1) is 7.61. The molecule has 0 radical (unpaired) electrons. The zero-order valence-corrected chi connectivity index (χ0v) is 8.05. The Morgan fingerprint density at radius 1 is 1.50 bits per heavy atom. The summed E-state index contributed by atoms with van der Waals surface area (Å²) < 4.78 is 5.93. The third-order valence-electron chi connectivity index (χ3n) is 1.73. The Hall–Kier alpha value is -1.03. The quantitative estimate of drug-likeness (QED) is 0.703. The van der Waals surface area contributed by atoms with E-state index in [0.29, 0.717) is 5.69 Å². The Morgan fingerprint density at radius 2 is 2.25 bits per heavy atom. The van der Waals surface area contributed by atoms with Crippen molar-refractivity contribution in [1.29, 1.82) is 0 Å². The second-order valence-corrected chi connectivity index (χ2v) is 3.50. The smallest absolute Gasteiger partial charge is 0.181 e. The van der Waals surface area contributed by atoms with Crippen molar-refractivity contribution < 1.29 is 4.52 Å². The summed E-state index contributed by atoms with van der Waals surface area (Å²) >= 11 is 3.35. The second kappa shape index (κ2) is 2.48. The molecule has 0 saturated heterocycles. The van der Waals surface area contributed by atoms with Crippen LogP contribution >= 0.6 is 15.9 Å². The summed E-state index contributed by atoms with van der Waals surface area (Å²) in [7, 11) is 0. The molecule has 0 fully saturated rings. The number of nitrogens with two attached hydrogens (primary N) is 1. The van der Waals surface area contributed by atoms with E-state index in [9.17, 15) is 0 Å². The number of anilines is 1. The van der Waals surface area contributed by atoms with E-state index in [1.165, 1.54) is 0 Å². The largest absolute Gasteiger partial charge is 0.399 e. The molecule has 1 aromatic heterocycles. The highest BCUT2D eigenvalue weighted by Gasteiger charge is 2.07. The average molecular weight is 227 g/mol. The van der Waals surface area contributed by atoms with Gasteiger partial charge in [0.05, 0.1) is 10.2 Å². The van der Waals surface area contributed by atoms with Crippen LogP contribution in [0.5, 0.6) is 0 Å². The number of hydrogen-bond donors (Lipinski definition) is 1. The highest BCUT2D eigenvalue weighted by Crippen LogP contribution is 2.28. The third kappa shape index (κ3) is 0.992. The van der Waals surface area contributed by atoms with Crippen molar-refractivity contribution >= 4 is 32.6 Å². The summed E-state index contributed by atoms with van der Waals surface area (Å²) in [5.74, 6) is 0. The predicted molar refractivity (Wildman–Crippen MR) is 50.9 cm³/mol. The number of aromatic nitrogens is 1. The van der Waals surface area contributed by atoms with Crippen molar-refractivity contribution in [3.05, 3.63) is 22.3 Å². The van der Waals surface area contributed by atoms with Crippen LogP contribution in [0.3, 0.4) is 0 Å². The van der Waals surface area contributed by atoms with Crippen LogP contribution in [0.2, 0.25) is 0 Å². The molecule has 2 N–H and O–H groups in total. The lowest BCUT2D eigenvalue weighted by Crippen LogP contribution is -1.83. The van der Waals surface area contributed by atoms with E-state index in [1.807, 2.05) is 13.0 Å². The van der Waals surface area contributed by atoms with Crippen LogP contribution in [0, 0.1) is 6.92 Å². The van der Waals surface area contributed by atoms with Crippen molar-refractivity contribution in [2.24, 2.45) is 0 Å². The van der Waals surface area contributed by atoms with Crippen molar-refractivity contribution in [1.82, 2.24) is 5.16 Å². The third-order valence-corrected chi connectivity index (χ3v) is 2.32. The number of nitrogen functional groups attached to an aromatic ring is 1. The van der Waals surface area contributed by atoms with Gasteiger partial charge in [0.1, 0.15) is 0 Å². The van der Waals surface area contributed by atoms with Crippen LogP contribution in [0.15, 0.2) is 21.1 Å². The van der Waals surface area contributed by atoms with Gasteiger partial charge in [-0.1, -0.05) is 5.16 Å². The van der Waals surface area contributed by atoms with Crippen molar-refractivity contribution in [3.63, 3.8) is 0 Å². The fourth-order valence-corrected chi connectivity index (χ4v) is 1.69.